The molecule has 1 aromatic heterocycles. The zero-order valence-corrected chi connectivity index (χ0v) is 25.9. The number of hydrogen-bond acceptors (Lipinski definition) is 6. The van der Waals surface area contributed by atoms with Gasteiger partial charge in [0, 0.05) is 11.3 Å². The Labute approximate surface area is 271 Å². The van der Waals surface area contributed by atoms with Crippen LogP contribution in [0.4, 0.5) is 5.69 Å². The topological polar surface area (TPSA) is 89.9 Å². The Morgan fingerprint density at radius 1 is 0.826 bits per heavy atom. The summed E-state index contributed by atoms with van der Waals surface area (Å²) in [6, 6.07) is 35.5. The van der Waals surface area contributed by atoms with Gasteiger partial charge in [-0.25, -0.2) is 4.79 Å². The van der Waals surface area contributed by atoms with Crippen molar-refractivity contribution >= 4 is 46.9 Å². The van der Waals surface area contributed by atoms with Crippen molar-refractivity contribution in [1.29, 1.82) is 0 Å². The van der Waals surface area contributed by atoms with Crippen LogP contribution < -0.4 is 15.0 Å². The van der Waals surface area contributed by atoms with Gasteiger partial charge in [0.1, 0.15) is 11.3 Å². The number of ether oxygens (including phenoxy) is 2. The van der Waals surface area contributed by atoms with E-state index in [1.165, 1.54) is 4.90 Å². The van der Waals surface area contributed by atoms with E-state index in [9.17, 15) is 14.4 Å². The maximum absolute atomic E-state index is 14.0. The van der Waals surface area contributed by atoms with Crippen LogP contribution in [-0.4, -0.2) is 41.2 Å². The molecule has 9 heteroatoms. The summed E-state index contributed by atoms with van der Waals surface area (Å²) < 4.78 is 12.5. The second kappa shape index (κ2) is 13.1. The number of thiocarbonyl (C=S) groups is 1. The molecule has 4 aromatic carbocycles. The third-order valence-corrected chi connectivity index (χ3v) is 7.80. The summed E-state index contributed by atoms with van der Waals surface area (Å²) in [6.07, 6.45) is 1.61. The molecule has 5 aromatic rings. The Morgan fingerprint density at radius 2 is 1.43 bits per heavy atom. The minimum absolute atomic E-state index is 0.00941. The number of carbonyl (C=O) groups is 3. The minimum Gasteiger partial charge on any atom is -0.497 e. The van der Waals surface area contributed by atoms with Gasteiger partial charge < -0.3 is 14.0 Å². The largest absolute Gasteiger partial charge is 0.497 e. The van der Waals surface area contributed by atoms with Crippen molar-refractivity contribution in [3.8, 4) is 34.0 Å². The second-order valence-electron chi connectivity index (χ2n) is 10.3. The Morgan fingerprint density at radius 3 is 2.04 bits per heavy atom. The molecule has 2 amide bonds. The van der Waals surface area contributed by atoms with E-state index < -0.39 is 17.8 Å². The Kier molecular flexibility index (Phi) is 8.58. The summed E-state index contributed by atoms with van der Waals surface area (Å²) in [5, 5.41) is 2.67. The van der Waals surface area contributed by atoms with E-state index in [1.54, 1.807) is 56.5 Å². The normalized spacial score (nSPS) is 13.9. The number of amides is 2. The predicted molar refractivity (Wildman–Crippen MR) is 182 cm³/mol. The van der Waals surface area contributed by atoms with E-state index in [0.29, 0.717) is 22.6 Å². The van der Waals surface area contributed by atoms with Gasteiger partial charge in [-0.2, -0.15) is 0 Å². The van der Waals surface area contributed by atoms with E-state index in [1.807, 2.05) is 78.9 Å². The number of nitrogens with one attached hydrogen (secondary N) is 1. The number of anilines is 1. The first-order chi connectivity index (χ1) is 22.4. The summed E-state index contributed by atoms with van der Waals surface area (Å²) >= 11 is 5.42. The van der Waals surface area contributed by atoms with Crippen molar-refractivity contribution in [3.05, 3.63) is 132 Å². The number of rotatable bonds is 8. The molecule has 2 heterocycles. The van der Waals surface area contributed by atoms with Crippen molar-refractivity contribution in [2.75, 3.05) is 18.6 Å². The highest BCUT2D eigenvalue weighted by Crippen LogP contribution is 2.38. The van der Waals surface area contributed by atoms with Crippen molar-refractivity contribution in [2.24, 2.45) is 0 Å². The lowest BCUT2D eigenvalue weighted by Gasteiger charge is -2.29. The van der Waals surface area contributed by atoms with Crippen LogP contribution in [0.1, 0.15) is 22.8 Å². The van der Waals surface area contributed by atoms with Gasteiger partial charge in [-0.3, -0.25) is 19.8 Å². The highest BCUT2D eigenvalue weighted by atomic mass is 32.1. The highest BCUT2D eigenvalue weighted by Gasteiger charge is 2.35. The third-order valence-electron chi connectivity index (χ3n) is 7.52. The molecule has 0 aliphatic carbocycles. The van der Waals surface area contributed by atoms with Crippen LogP contribution >= 0.6 is 12.2 Å². The fourth-order valence-electron chi connectivity index (χ4n) is 5.36. The summed E-state index contributed by atoms with van der Waals surface area (Å²) in [4.78, 5) is 41.0. The van der Waals surface area contributed by atoms with Crippen LogP contribution in [0.2, 0.25) is 0 Å². The highest BCUT2D eigenvalue weighted by molar-refractivity contribution is 7.80. The van der Waals surface area contributed by atoms with Gasteiger partial charge in [0.15, 0.2) is 5.11 Å². The Balaban J connectivity index is 1.55. The predicted octanol–water partition coefficient (Wildman–Crippen LogP) is 6.83. The molecule has 228 valence electrons. The smallest absolute Gasteiger partial charge is 0.338 e. The lowest BCUT2D eigenvalue weighted by atomic mass is 10.0. The first kappa shape index (κ1) is 30.2. The first-order valence-corrected chi connectivity index (χ1v) is 15.0. The lowest BCUT2D eigenvalue weighted by Crippen LogP contribution is -2.54. The van der Waals surface area contributed by atoms with Crippen molar-refractivity contribution < 1.29 is 23.9 Å². The molecular weight excluding hydrogens is 598 g/mol. The fraction of sp³-hybridized carbons (Fsp3) is 0.0811. The molecule has 1 aliphatic rings. The summed E-state index contributed by atoms with van der Waals surface area (Å²) in [5.74, 6) is -0.923. The fourth-order valence-corrected chi connectivity index (χ4v) is 5.64. The van der Waals surface area contributed by atoms with Crippen LogP contribution in [0, 0.1) is 0 Å². The van der Waals surface area contributed by atoms with Crippen molar-refractivity contribution in [2.45, 2.75) is 6.92 Å². The molecule has 1 N–H and O–H groups in total. The number of esters is 1. The van der Waals surface area contributed by atoms with E-state index >= 15 is 0 Å². The molecule has 46 heavy (non-hydrogen) atoms. The van der Waals surface area contributed by atoms with Crippen LogP contribution in [0.3, 0.4) is 0 Å². The lowest BCUT2D eigenvalue weighted by molar-refractivity contribution is -0.122. The Bertz CT molecular complexity index is 1970. The number of methoxy groups -OCH3 is 1. The van der Waals surface area contributed by atoms with Crippen LogP contribution in [-0.2, 0) is 14.3 Å². The van der Waals surface area contributed by atoms with Gasteiger partial charge in [-0.1, -0.05) is 60.7 Å². The first-order valence-electron chi connectivity index (χ1n) is 14.6. The van der Waals surface area contributed by atoms with E-state index in [0.717, 1.165) is 28.2 Å². The van der Waals surface area contributed by atoms with Crippen LogP contribution in [0.15, 0.2) is 121 Å². The molecule has 1 saturated heterocycles. The molecule has 0 radical (unpaired) electrons. The molecule has 0 bridgehead atoms. The van der Waals surface area contributed by atoms with E-state index in [4.69, 9.17) is 21.7 Å². The van der Waals surface area contributed by atoms with Crippen molar-refractivity contribution in [1.82, 2.24) is 9.88 Å². The van der Waals surface area contributed by atoms with Gasteiger partial charge in [-0.15, -0.1) is 0 Å². The average Bonchev–Trinajstić information content (AvgIpc) is 3.47. The summed E-state index contributed by atoms with van der Waals surface area (Å²) in [5.41, 5.74) is 5.61. The molecule has 1 fully saturated rings. The Hall–Kier alpha value is -5.80. The molecular formula is C37H29N3O5S. The van der Waals surface area contributed by atoms with Gasteiger partial charge in [0.2, 0.25) is 0 Å². The van der Waals surface area contributed by atoms with Gasteiger partial charge in [0.25, 0.3) is 11.8 Å². The number of aromatic nitrogens is 1. The molecule has 0 unspecified atom stereocenters. The average molecular weight is 628 g/mol. The quantitative estimate of drug-likeness (QED) is 0.0879. The van der Waals surface area contributed by atoms with Gasteiger partial charge >= 0.3 is 5.97 Å². The molecule has 6 rings (SSSR count). The number of benzene rings is 4. The maximum atomic E-state index is 14.0. The van der Waals surface area contributed by atoms with Crippen LogP contribution in [0.25, 0.3) is 34.3 Å². The molecule has 1 aliphatic heterocycles. The van der Waals surface area contributed by atoms with Gasteiger partial charge in [-0.05, 0) is 90.9 Å². The summed E-state index contributed by atoms with van der Waals surface area (Å²) in [6.45, 7) is 2.04. The molecule has 8 nitrogen and oxygen atoms in total. The number of nitrogens with zero attached hydrogens (tertiary/aromatic N) is 2. The zero-order chi connectivity index (χ0) is 32.2. The molecule has 0 saturated carbocycles. The minimum atomic E-state index is -0.591. The SMILES string of the molecule is CCOC(=O)c1ccc(-n2c(-c3ccccc3)cc(C=C3C(=O)NC(=S)N(c4ccc(OC)cc4)C3=O)c2-c2ccccc2)cc1. The second-order valence-corrected chi connectivity index (χ2v) is 10.7. The standard InChI is InChI=1S/C37H29N3O5S/c1-3-45-36(43)26-14-16-28(17-15-26)39-32(24-10-6-4-7-11-24)23-27(33(39)25-12-8-5-9-13-25)22-31-34(41)38-37(46)40(35(31)42)29-18-20-30(44-2)21-19-29/h4-23H,3H2,1-2H3,(H,38,41,46). The van der Waals surface area contributed by atoms with Crippen molar-refractivity contribution in [3.63, 3.8) is 0 Å². The third kappa shape index (κ3) is 5.83. The number of carbonyl (C=O) groups excluding carboxylic acids is 3. The number of hydrogen-bond donors (Lipinski definition) is 1. The maximum Gasteiger partial charge on any atom is 0.338 e. The van der Waals surface area contributed by atoms with E-state index in [2.05, 4.69) is 9.88 Å². The monoisotopic (exact) mass is 627 g/mol. The molecule has 0 atom stereocenters. The zero-order valence-electron chi connectivity index (χ0n) is 25.1. The molecule has 0 spiro atoms. The van der Waals surface area contributed by atoms with E-state index in [-0.39, 0.29) is 17.3 Å². The summed E-state index contributed by atoms with van der Waals surface area (Å²) in [7, 11) is 1.56. The van der Waals surface area contributed by atoms with Gasteiger partial charge in [0.05, 0.1) is 36.4 Å². The van der Waals surface area contributed by atoms with Crippen LogP contribution in [0.5, 0.6) is 5.75 Å².